The van der Waals surface area contributed by atoms with E-state index >= 15 is 0 Å². The van der Waals surface area contributed by atoms with E-state index in [2.05, 4.69) is 4.98 Å². The number of hydrogen-bond donors (Lipinski definition) is 3. The summed E-state index contributed by atoms with van der Waals surface area (Å²) in [5, 5.41) is 8.95. The van der Waals surface area contributed by atoms with E-state index in [0.717, 1.165) is 12.1 Å². The molecule has 1 aromatic carbocycles. The van der Waals surface area contributed by atoms with Gasteiger partial charge >= 0.3 is 5.97 Å². The maximum absolute atomic E-state index is 13.5. The highest BCUT2D eigenvalue weighted by atomic mass is 19.1. The fourth-order valence-corrected chi connectivity index (χ4v) is 1.57. The summed E-state index contributed by atoms with van der Waals surface area (Å²) in [5.74, 6) is -2.86. The lowest BCUT2D eigenvalue weighted by Gasteiger charge is -2.03. The summed E-state index contributed by atoms with van der Waals surface area (Å²) in [4.78, 5) is 13.5. The molecular formula is C11H8F2N2O2. The minimum atomic E-state index is -1.28. The monoisotopic (exact) mass is 238 g/mol. The van der Waals surface area contributed by atoms with Gasteiger partial charge in [0.2, 0.25) is 0 Å². The molecule has 17 heavy (non-hydrogen) atoms. The molecule has 0 aliphatic carbocycles. The zero-order valence-electron chi connectivity index (χ0n) is 8.50. The topological polar surface area (TPSA) is 79.1 Å². The molecule has 0 fully saturated rings. The lowest BCUT2D eigenvalue weighted by Crippen LogP contribution is -2.02. The normalized spacial score (nSPS) is 10.5. The Bertz CT molecular complexity index is 593. The standard InChI is InChI=1S/C11H8F2N2O2/c12-5-1-2-6(7(13)3-5)10-9(11(16)17)8(14)4-15-10/h1-4,15H,14H2,(H,16,17). The fourth-order valence-electron chi connectivity index (χ4n) is 1.57. The first-order valence-electron chi connectivity index (χ1n) is 4.66. The van der Waals surface area contributed by atoms with Gasteiger partial charge in [0.1, 0.15) is 17.2 Å². The van der Waals surface area contributed by atoms with Crippen molar-refractivity contribution in [1.29, 1.82) is 0 Å². The predicted octanol–water partition coefficient (Wildman–Crippen LogP) is 2.24. The number of carboxylic acids is 1. The third-order valence-corrected chi connectivity index (χ3v) is 2.33. The molecule has 0 saturated heterocycles. The molecule has 0 radical (unpaired) electrons. The van der Waals surface area contributed by atoms with Crippen molar-refractivity contribution >= 4 is 11.7 Å². The van der Waals surface area contributed by atoms with Gasteiger partial charge in [-0.15, -0.1) is 0 Å². The Balaban J connectivity index is 2.65. The average molecular weight is 238 g/mol. The number of halogens is 2. The number of hydrogen-bond acceptors (Lipinski definition) is 2. The molecule has 0 bridgehead atoms. The predicted molar refractivity (Wildman–Crippen MR) is 57.5 cm³/mol. The van der Waals surface area contributed by atoms with Crippen LogP contribution in [-0.2, 0) is 0 Å². The largest absolute Gasteiger partial charge is 0.478 e. The van der Waals surface area contributed by atoms with Crippen molar-refractivity contribution in [3.8, 4) is 11.3 Å². The number of H-pyrrole nitrogens is 1. The minimum absolute atomic E-state index is 0.00350. The van der Waals surface area contributed by atoms with E-state index in [-0.39, 0.29) is 22.5 Å². The van der Waals surface area contributed by atoms with Crippen LogP contribution < -0.4 is 5.73 Å². The van der Waals surface area contributed by atoms with Crippen molar-refractivity contribution < 1.29 is 18.7 Å². The quantitative estimate of drug-likeness (QED) is 0.750. The third-order valence-electron chi connectivity index (χ3n) is 2.33. The highest BCUT2D eigenvalue weighted by Gasteiger charge is 2.19. The lowest BCUT2D eigenvalue weighted by atomic mass is 10.1. The van der Waals surface area contributed by atoms with Crippen LogP contribution in [0.25, 0.3) is 11.3 Å². The second-order valence-electron chi connectivity index (χ2n) is 3.42. The van der Waals surface area contributed by atoms with Gasteiger partial charge in [0, 0.05) is 17.8 Å². The molecule has 1 aromatic heterocycles. The van der Waals surface area contributed by atoms with Crippen LogP contribution in [0.3, 0.4) is 0 Å². The minimum Gasteiger partial charge on any atom is -0.478 e. The molecular weight excluding hydrogens is 230 g/mol. The molecule has 1 heterocycles. The van der Waals surface area contributed by atoms with Crippen LogP contribution in [-0.4, -0.2) is 16.1 Å². The summed E-state index contributed by atoms with van der Waals surface area (Å²) in [6, 6.07) is 2.88. The SMILES string of the molecule is Nc1c[nH]c(-c2ccc(F)cc2F)c1C(=O)O. The third kappa shape index (κ3) is 1.84. The molecule has 4 nitrogen and oxygen atoms in total. The highest BCUT2D eigenvalue weighted by Crippen LogP contribution is 2.29. The number of benzene rings is 1. The smallest absolute Gasteiger partial charge is 0.340 e. The van der Waals surface area contributed by atoms with Crippen LogP contribution in [0, 0.1) is 11.6 Å². The van der Waals surface area contributed by atoms with Gasteiger partial charge in [0.25, 0.3) is 0 Å². The molecule has 2 rings (SSSR count). The summed E-state index contributed by atoms with van der Waals surface area (Å²) in [5.41, 5.74) is 5.20. The van der Waals surface area contributed by atoms with Gasteiger partial charge in [0.05, 0.1) is 11.4 Å². The Labute approximate surface area is 94.7 Å². The van der Waals surface area contributed by atoms with Gasteiger partial charge in [-0.25, -0.2) is 13.6 Å². The van der Waals surface area contributed by atoms with Crippen LogP contribution in [0.4, 0.5) is 14.5 Å². The van der Waals surface area contributed by atoms with Crippen molar-refractivity contribution in [1.82, 2.24) is 4.98 Å². The van der Waals surface area contributed by atoms with Gasteiger partial charge in [-0.3, -0.25) is 0 Å². The second kappa shape index (κ2) is 3.89. The molecule has 0 atom stereocenters. The van der Waals surface area contributed by atoms with Gasteiger partial charge in [-0.2, -0.15) is 0 Å². The zero-order valence-corrected chi connectivity index (χ0v) is 8.50. The maximum atomic E-state index is 13.5. The first kappa shape index (κ1) is 11.1. The Kier molecular flexibility index (Phi) is 2.55. The number of nitrogens with one attached hydrogen (secondary N) is 1. The second-order valence-corrected chi connectivity index (χ2v) is 3.42. The van der Waals surface area contributed by atoms with Crippen LogP contribution in [0.5, 0.6) is 0 Å². The number of aromatic carboxylic acids is 1. The summed E-state index contributed by atoms with van der Waals surface area (Å²) < 4.78 is 26.2. The Morgan fingerprint density at radius 2 is 2.06 bits per heavy atom. The molecule has 0 aliphatic rings. The molecule has 4 N–H and O–H groups in total. The van der Waals surface area contributed by atoms with E-state index < -0.39 is 17.6 Å². The Morgan fingerprint density at radius 1 is 1.35 bits per heavy atom. The first-order chi connectivity index (χ1) is 8.00. The lowest BCUT2D eigenvalue weighted by molar-refractivity contribution is 0.0699. The number of nitrogen functional groups attached to an aromatic ring is 1. The molecule has 2 aromatic rings. The van der Waals surface area contributed by atoms with E-state index in [1.807, 2.05) is 0 Å². The summed E-state index contributed by atoms with van der Waals surface area (Å²) >= 11 is 0. The number of nitrogens with two attached hydrogens (primary N) is 1. The van der Waals surface area contributed by atoms with Crippen LogP contribution >= 0.6 is 0 Å². The number of carbonyl (C=O) groups is 1. The molecule has 0 spiro atoms. The molecule has 6 heteroatoms. The number of aromatic nitrogens is 1. The van der Waals surface area contributed by atoms with E-state index in [1.165, 1.54) is 6.20 Å². The molecule has 0 amide bonds. The molecule has 88 valence electrons. The summed E-state index contributed by atoms with van der Waals surface area (Å²) in [6.45, 7) is 0. The van der Waals surface area contributed by atoms with Crippen LogP contribution in [0.1, 0.15) is 10.4 Å². The first-order valence-corrected chi connectivity index (χ1v) is 4.66. The molecule has 0 aliphatic heterocycles. The zero-order chi connectivity index (χ0) is 12.6. The maximum Gasteiger partial charge on any atom is 0.340 e. The summed E-state index contributed by atoms with van der Waals surface area (Å²) in [7, 11) is 0. The van der Waals surface area contributed by atoms with Gasteiger partial charge in [0.15, 0.2) is 0 Å². The Hall–Kier alpha value is -2.37. The fraction of sp³-hybridized carbons (Fsp3) is 0. The van der Waals surface area contributed by atoms with E-state index in [9.17, 15) is 13.6 Å². The van der Waals surface area contributed by atoms with Gasteiger partial charge in [-0.1, -0.05) is 0 Å². The highest BCUT2D eigenvalue weighted by molar-refractivity contribution is 6.00. The van der Waals surface area contributed by atoms with Crippen LogP contribution in [0.15, 0.2) is 24.4 Å². The van der Waals surface area contributed by atoms with E-state index in [1.54, 1.807) is 0 Å². The Morgan fingerprint density at radius 3 is 2.65 bits per heavy atom. The van der Waals surface area contributed by atoms with E-state index in [4.69, 9.17) is 10.8 Å². The van der Waals surface area contributed by atoms with Gasteiger partial charge in [-0.05, 0) is 12.1 Å². The van der Waals surface area contributed by atoms with Crippen molar-refractivity contribution in [3.05, 3.63) is 41.6 Å². The number of carboxylic acid groups (broad SMARTS) is 1. The van der Waals surface area contributed by atoms with Crippen molar-refractivity contribution in [2.24, 2.45) is 0 Å². The van der Waals surface area contributed by atoms with Crippen molar-refractivity contribution in [3.63, 3.8) is 0 Å². The van der Waals surface area contributed by atoms with Crippen molar-refractivity contribution in [2.75, 3.05) is 5.73 Å². The van der Waals surface area contributed by atoms with Gasteiger partial charge < -0.3 is 15.8 Å². The average Bonchev–Trinajstić information content (AvgIpc) is 2.60. The molecule has 0 saturated carbocycles. The van der Waals surface area contributed by atoms with Crippen LogP contribution in [0.2, 0.25) is 0 Å². The summed E-state index contributed by atoms with van der Waals surface area (Å²) in [6.07, 6.45) is 1.25. The van der Waals surface area contributed by atoms with Crippen molar-refractivity contribution in [2.45, 2.75) is 0 Å². The number of aromatic amines is 1. The molecule has 0 unspecified atom stereocenters. The number of rotatable bonds is 2. The number of anilines is 1. The van der Waals surface area contributed by atoms with E-state index in [0.29, 0.717) is 6.07 Å².